The van der Waals surface area contributed by atoms with E-state index in [1.165, 1.54) is 0 Å². The van der Waals surface area contributed by atoms with Crippen molar-refractivity contribution >= 4 is 33.5 Å². The Labute approximate surface area is 103 Å². The van der Waals surface area contributed by atoms with Crippen molar-refractivity contribution in [3.8, 4) is 5.75 Å². The van der Waals surface area contributed by atoms with Crippen LogP contribution in [0, 0.1) is 0 Å². The molecule has 4 heteroatoms. The van der Waals surface area contributed by atoms with E-state index in [4.69, 9.17) is 16.3 Å². The van der Waals surface area contributed by atoms with Crippen LogP contribution in [0.4, 0.5) is 0 Å². The first-order valence-electron chi connectivity index (χ1n) is 4.73. The normalized spacial score (nSPS) is 10.1. The zero-order valence-electron chi connectivity index (χ0n) is 8.43. The van der Waals surface area contributed by atoms with E-state index in [0.717, 1.165) is 18.4 Å². The molecule has 0 aliphatic heterocycles. The number of carbonyl (C=O) groups is 1. The largest absolute Gasteiger partial charge is 0.426 e. The van der Waals surface area contributed by atoms with Crippen LogP contribution < -0.4 is 4.74 Å². The maximum Gasteiger partial charge on any atom is 0.321 e. The molecule has 2 nitrogen and oxygen atoms in total. The van der Waals surface area contributed by atoms with Gasteiger partial charge in [0.1, 0.15) is 11.1 Å². The van der Waals surface area contributed by atoms with Crippen LogP contribution in [-0.2, 0) is 11.2 Å². The third-order valence-corrected chi connectivity index (χ3v) is 2.72. The fourth-order valence-electron chi connectivity index (χ4n) is 1.28. The van der Waals surface area contributed by atoms with Crippen molar-refractivity contribution in [2.75, 3.05) is 5.33 Å². The van der Waals surface area contributed by atoms with Crippen LogP contribution in [0.5, 0.6) is 5.75 Å². The van der Waals surface area contributed by atoms with E-state index in [-0.39, 0.29) is 11.3 Å². The van der Waals surface area contributed by atoms with Crippen molar-refractivity contribution in [1.82, 2.24) is 0 Å². The van der Waals surface area contributed by atoms with Gasteiger partial charge < -0.3 is 4.74 Å². The fraction of sp³-hybridized carbons (Fsp3) is 0.364. The Balaban J connectivity index is 2.94. The molecular formula is C11H12BrClO2. The lowest BCUT2D eigenvalue weighted by Crippen LogP contribution is -2.10. The maximum atomic E-state index is 11.1. The summed E-state index contributed by atoms with van der Waals surface area (Å²) in [5.41, 5.74) is 0.899. The highest BCUT2D eigenvalue weighted by molar-refractivity contribution is 9.09. The summed E-state index contributed by atoms with van der Waals surface area (Å²) in [6.45, 7) is 2.05. The molecule has 0 spiro atoms. The van der Waals surface area contributed by atoms with Gasteiger partial charge in [-0.25, -0.2) is 0 Å². The molecule has 0 saturated carbocycles. The number of esters is 1. The minimum Gasteiger partial charge on any atom is -0.426 e. The number of alkyl halides is 1. The first-order chi connectivity index (χ1) is 7.19. The molecule has 0 unspecified atom stereocenters. The van der Waals surface area contributed by atoms with Crippen LogP contribution in [0.3, 0.4) is 0 Å². The van der Waals surface area contributed by atoms with Gasteiger partial charge in [-0.3, -0.25) is 4.79 Å². The molecule has 1 rings (SSSR count). The second-order valence-corrected chi connectivity index (χ2v) is 4.04. The van der Waals surface area contributed by atoms with Crippen LogP contribution in [0.25, 0.3) is 0 Å². The number of hydrogen-bond donors (Lipinski definition) is 0. The predicted octanol–water partition coefficient (Wildman–Crippen LogP) is 3.59. The Morgan fingerprint density at radius 1 is 1.53 bits per heavy atom. The summed E-state index contributed by atoms with van der Waals surface area (Å²) in [5.74, 6) is 0.253. The average Bonchev–Trinajstić information content (AvgIpc) is 2.23. The summed E-state index contributed by atoms with van der Waals surface area (Å²) in [5, 5.41) is 0.835. The van der Waals surface area contributed by atoms with Crippen molar-refractivity contribution in [3.63, 3.8) is 0 Å². The van der Waals surface area contributed by atoms with Crippen molar-refractivity contribution < 1.29 is 9.53 Å². The summed E-state index contributed by atoms with van der Waals surface area (Å²) in [4.78, 5) is 11.1. The number of halogens is 2. The second-order valence-electron chi connectivity index (χ2n) is 3.07. The lowest BCUT2D eigenvalue weighted by atomic mass is 10.1. The first-order valence-corrected chi connectivity index (χ1v) is 6.23. The highest BCUT2D eigenvalue weighted by Crippen LogP contribution is 2.27. The molecule has 15 heavy (non-hydrogen) atoms. The van der Waals surface area contributed by atoms with Gasteiger partial charge in [0.25, 0.3) is 0 Å². The Bertz CT molecular complexity index is 352. The van der Waals surface area contributed by atoms with Crippen LogP contribution in [0.15, 0.2) is 18.2 Å². The maximum absolute atomic E-state index is 11.1. The van der Waals surface area contributed by atoms with Gasteiger partial charge >= 0.3 is 5.97 Å². The van der Waals surface area contributed by atoms with Gasteiger partial charge in [-0.1, -0.05) is 46.9 Å². The topological polar surface area (TPSA) is 26.3 Å². The molecule has 1 aromatic rings. The van der Waals surface area contributed by atoms with Crippen molar-refractivity contribution in [1.29, 1.82) is 0 Å². The van der Waals surface area contributed by atoms with E-state index in [2.05, 4.69) is 22.9 Å². The molecule has 0 amide bonds. The molecule has 0 saturated heterocycles. The van der Waals surface area contributed by atoms with Gasteiger partial charge in [-0.15, -0.1) is 0 Å². The first kappa shape index (κ1) is 12.5. The zero-order chi connectivity index (χ0) is 11.3. The Morgan fingerprint density at radius 3 is 2.87 bits per heavy atom. The van der Waals surface area contributed by atoms with E-state index >= 15 is 0 Å². The van der Waals surface area contributed by atoms with Crippen LogP contribution in [0.1, 0.15) is 18.9 Å². The Morgan fingerprint density at radius 2 is 2.27 bits per heavy atom. The summed E-state index contributed by atoms with van der Waals surface area (Å²) in [7, 11) is 0. The Kier molecular flexibility index (Phi) is 5.12. The quantitative estimate of drug-likeness (QED) is 0.481. The number of ether oxygens (including phenoxy) is 1. The smallest absolute Gasteiger partial charge is 0.321 e. The molecule has 0 aliphatic carbocycles. The second kappa shape index (κ2) is 6.13. The summed E-state index contributed by atoms with van der Waals surface area (Å²) >= 11 is 9.08. The van der Waals surface area contributed by atoms with E-state index in [1.54, 1.807) is 18.2 Å². The molecule has 0 aromatic heterocycles. The van der Waals surface area contributed by atoms with E-state index in [1.807, 2.05) is 0 Å². The molecule has 0 heterocycles. The molecule has 0 bridgehead atoms. The number of rotatable bonds is 4. The van der Waals surface area contributed by atoms with Crippen molar-refractivity contribution in [2.24, 2.45) is 0 Å². The van der Waals surface area contributed by atoms with Gasteiger partial charge in [-0.2, -0.15) is 0 Å². The average molecular weight is 292 g/mol. The summed E-state index contributed by atoms with van der Waals surface area (Å²) in [6.07, 6.45) is 1.77. The number of carbonyl (C=O) groups excluding carboxylic acids is 1. The molecule has 0 N–H and O–H groups in total. The fourth-order valence-corrected chi connectivity index (χ4v) is 1.65. The van der Waals surface area contributed by atoms with Gasteiger partial charge in [0.15, 0.2) is 0 Å². The number of hydrogen-bond acceptors (Lipinski definition) is 2. The molecule has 0 atom stereocenters. The van der Waals surface area contributed by atoms with Crippen LogP contribution >= 0.6 is 27.5 Å². The minimum atomic E-state index is -0.311. The van der Waals surface area contributed by atoms with E-state index in [9.17, 15) is 4.79 Å². The van der Waals surface area contributed by atoms with Crippen LogP contribution in [-0.4, -0.2) is 11.3 Å². The summed E-state index contributed by atoms with van der Waals surface area (Å²) in [6, 6.07) is 5.34. The molecule has 1 aromatic carbocycles. The Hall–Kier alpha value is -0.540. The SMILES string of the molecule is CCCc1c(Cl)cccc1OC(=O)CBr. The lowest BCUT2D eigenvalue weighted by Gasteiger charge is -2.09. The zero-order valence-corrected chi connectivity index (χ0v) is 10.8. The molecule has 0 aliphatic rings. The van der Waals surface area contributed by atoms with Gasteiger partial charge in [0.05, 0.1) is 0 Å². The highest BCUT2D eigenvalue weighted by Gasteiger charge is 2.10. The standard InChI is InChI=1S/C11H12BrClO2/c1-2-4-8-9(13)5-3-6-10(8)15-11(14)7-12/h3,5-6H,2,4,7H2,1H3. The van der Waals surface area contributed by atoms with Gasteiger partial charge in [0, 0.05) is 10.6 Å². The van der Waals surface area contributed by atoms with Crippen molar-refractivity contribution in [3.05, 3.63) is 28.8 Å². The van der Waals surface area contributed by atoms with Gasteiger partial charge in [-0.05, 0) is 18.6 Å². The molecule has 0 fully saturated rings. The summed E-state index contributed by atoms with van der Waals surface area (Å²) < 4.78 is 5.16. The van der Waals surface area contributed by atoms with Crippen molar-refractivity contribution in [2.45, 2.75) is 19.8 Å². The third-order valence-electron chi connectivity index (χ3n) is 1.91. The lowest BCUT2D eigenvalue weighted by molar-refractivity contribution is -0.131. The van der Waals surface area contributed by atoms with Crippen LogP contribution in [0.2, 0.25) is 5.02 Å². The molecule has 0 radical (unpaired) electrons. The van der Waals surface area contributed by atoms with E-state index < -0.39 is 0 Å². The number of benzene rings is 1. The monoisotopic (exact) mass is 290 g/mol. The highest BCUT2D eigenvalue weighted by atomic mass is 79.9. The minimum absolute atomic E-state index is 0.186. The molecular weight excluding hydrogens is 279 g/mol. The van der Waals surface area contributed by atoms with E-state index in [0.29, 0.717) is 10.8 Å². The third kappa shape index (κ3) is 3.50. The molecule has 82 valence electrons. The predicted molar refractivity (Wildman–Crippen MR) is 64.9 cm³/mol. The van der Waals surface area contributed by atoms with Gasteiger partial charge in [0.2, 0.25) is 0 Å².